The van der Waals surface area contributed by atoms with Gasteiger partial charge >= 0.3 is 0 Å². The van der Waals surface area contributed by atoms with Crippen LogP contribution < -0.4 is 19.1 Å². The van der Waals surface area contributed by atoms with E-state index < -0.39 is 10.0 Å². The number of methoxy groups -OCH3 is 1. The number of amides is 1. The van der Waals surface area contributed by atoms with Crippen molar-refractivity contribution in [1.29, 1.82) is 0 Å². The quantitative estimate of drug-likeness (QED) is 0.414. The molecule has 0 fully saturated rings. The summed E-state index contributed by atoms with van der Waals surface area (Å²) in [5, 5.41) is 3.30. The molecule has 0 unspecified atom stereocenters. The first kappa shape index (κ1) is 25.4. The van der Waals surface area contributed by atoms with Crippen LogP contribution >= 0.6 is 11.6 Å². The van der Waals surface area contributed by atoms with Crippen molar-refractivity contribution in [2.45, 2.75) is 13.5 Å². The molecule has 0 bridgehead atoms. The molecule has 1 amide bonds. The van der Waals surface area contributed by atoms with Gasteiger partial charge < -0.3 is 14.8 Å². The van der Waals surface area contributed by atoms with Crippen LogP contribution in [0.5, 0.6) is 11.5 Å². The molecule has 3 aromatic rings. The largest absolute Gasteiger partial charge is 0.497 e. The van der Waals surface area contributed by atoms with Gasteiger partial charge in [0.2, 0.25) is 10.0 Å². The van der Waals surface area contributed by atoms with Crippen molar-refractivity contribution in [3.05, 3.63) is 88.4 Å². The van der Waals surface area contributed by atoms with Gasteiger partial charge in [-0.15, -0.1) is 0 Å². The Morgan fingerprint density at radius 1 is 1.03 bits per heavy atom. The lowest BCUT2D eigenvalue weighted by atomic mass is 10.1. The molecule has 9 heteroatoms. The summed E-state index contributed by atoms with van der Waals surface area (Å²) in [7, 11) is -1.96. The van der Waals surface area contributed by atoms with E-state index in [2.05, 4.69) is 5.32 Å². The Morgan fingerprint density at radius 3 is 2.38 bits per heavy atom. The fraction of sp³-hybridized carbons (Fsp3) is 0.240. The van der Waals surface area contributed by atoms with Crippen molar-refractivity contribution >= 4 is 33.2 Å². The number of sulfonamides is 1. The van der Waals surface area contributed by atoms with Crippen LogP contribution in [-0.4, -0.2) is 40.8 Å². The van der Waals surface area contributed by atoms with Gasteiger partial charge in [-0.05, 0) is 54.4 Å². The summed E-state index contributed by atoms with van der Waals surface area (Å²) in [5.74, 6) is 1.11. The van der Waals surface area contributed by atoms with Gasteiger partial charge in [-0.2, -0.15) is 0 Å². The number of nitrogens with zero attached hydrogens (tertiary/aromatic N) is 1. The molecule has 34 heavy (non-hydrogen) atoms. The van der Waals surface area contributed by atoms with E-state index in [0.717, 1.165) is 17.4 Å². The molecule has 0 aliphatic carbocycles. The van der Waals surface area contributed by atoms with Crippen LogP contribution in [0.15, 0.2) is 66.7 Å². The normalized spacial score (nSPS) is 11.1. The van der Waals surface area contributed by atoms with Gasteiger partial charge in [0.1, 0.15) is 18.1 Å². The van der Waals surface area contributed by atoms with E-state index >= 15 is 0 Å². The molecular formula is C25H27ClN2O5S. The van der Waals surface area contributed by atoms with E-state index in [1.54, 1.807) is 55.6 Å². The lowest BCUT2D eigenvalue weighted by molar-refractivity contribution is 0.0947. The number of carbonyl (C=O) groups is 1. The first-order valence-corrected chi connectivity index (χ1v) is 12.8. The second kappa shape index (κ2) is 11.3. The molecule has 0 aliphatic heterocycles. The number of rotatable bonds is 10. The van der Waals surface area contributed by atoms with E-state index in [4.69, 9.17) is 21.1 Å². The highest BCUT2D eigenvalue weighted by molar-refractivity contribution is 7.92. The highest BCUT2D eigenvalue weighted by atomic mass is 35.5. The number of hydrogen-bond donors (Lipinski definition) is 1. The van der Waals surface area contributed by atoms with Crippen LogP contribution in [-0.2, 0) is 16.6 Å². The Morgan fingerprint density at radius 2 is 1.74 bits per heavy atom. The Balaban J connectivity index is 1.58. The van der Waals surface area contributed by atoms with Crippen molar-refractivity contribution < 1.29 is 22.7 Å². The zero-order valence-corrected chi connectivity index (χ0v) is 20.8. The second-order valence-electron chi connectivity index (χ2n) is 7.68. The Hall–Kier alpha value is -3.23. The third kappa shape index (κ3) is 6.88. The number of aryl methyl sites for hydroxylation is 1. The van der Waals surface area contributed by atoms with Gasteiger partial charge in [0.05, 0.1) is 32.1 Å². The Kier molecular flexibility index (Phi) is 8.41. The molecule has 0 heterocycles. The van der Waals surface area contributed by atoms with Crippen LogP contribution in [0.4, 0.5) is 5.69 Å². The first-order chi connectivity index (χ1) is 16.2. The van der Waals surface area contributed by atoms with Gasteiger partial charge in [-0.1, -0.05) is 35.9 Å². The zero-order valence-electron chi connectivity index (χ0n) is 19.2. The van der Waals surface area contributed by atoms with Crippen LogP contribution in [0.25, 0.3) is 0 Å². The van der Waals surface area contributed by atoms with Gasteiger partial charge in [-0.3, -0.25) is 9.10 Å². The molecule has 0 aromatic heterocycles. The van der Waals surface area contributed by atoms with Crippen LogP contribution in [0.2, 0.25) is 5.02 Å². The molecule has 0 atom stereocenters. The average Bonchev–Trinajstić information content (AvgIpc) is 2.82. The third-order valence-corrected chi connectivity index (χ3v) is 6.63. The van der Waals surface area contributed by atoms with E-state index in [9.17, 15) is 13.2 Å². The molecule has 7 nitrogen and oxygen atoms in total. The highest BCUT2D eigenvalue weighted by Crippen LogP contribution is 2.26. The lowest BCUT2D eigenvalue weighted by Crippen LogP contribution is -2.29. The molecule has 0 spiro atoms. The SMILES string of the molecule is COc1cccc(OCCNC(=O)c2ccc(CN(c3ccc(C)c(Cl)c3)S(C)(=O)=O)cc2)c1. The number of nitrogens with one attached hydrogen (secondary N) is 1. The predicted octanol–water partition coefficient (Wildman–Crippen LogP) is 4.43. The summed E-state index contributed by atoms with van der Waals surface area (Å²) in [4.78, 5) is 12.4. The summed E-state index contributed by atoms with van der Waals surface area (Å²) in [6.45, 7) is 2.60. The molecule has 0 saturated heterocycles. The maximum Gasteiger partial charge on any atom is 0.251 e. The van der Waals surface area contributed by atoms with Crippen LogP contribution in [0.1, 0.15) is 21.5 Å². The summed E-state index contributed by atoms with van der Waals surface area (Å²) in [5.41, 5.74) is 2.55. The number of halogens is 1. The molecule has 0 saturated carbocycles. The monoisotopic (exact) mass is 502 g/mol. The molecule has 3 rings (SSSR count). The summed E-state index contributed by atoms with van der Waals surface area (Å²) >= 11 is 6.19. The number of hydrogen-bond acceptors (Lipinski definition) is 5. The first-order valence-electron chi connectivity index (χ1n) is 10.6. The molecule has 0 aliphatic rings. The maximum atomic E-state index is 12.4. The molecule has 0 radical (unpaired) electrons. The van der Waals surface area contributed by atoms with Crippen molar-refractivity contribution in [3.63, 3.8) is 0 Å². The summed E-state index contributed by atoms with van der Waals surface area (Å²) in [6, 6.07) is 19.2. The van der Waals surface area contributed by atoms with Crippen LogP contribution in [0, 0.1) is 6.92 Å². The smallest absolute Gasteiger partial charge is 0.251 e. The number of benzene rings is 3. The fourth-order valence-electron chi connectivity index (χ4n) is 3.19. The van der Waals surface area contributed by atoms with Gasteiger partial charge in [0.25, 0.3) is 5.91 Å². The van der Waals surface area contributed by atoms with Gasteiger partial charge in [0.15, 0.2) is 0 Å². The zero-order chi connectivity index (χ0) is 24.7. The summed E-state index contributed by atoms with van der Waals surface area (Å²) < 4.78 is 36.8. The van der Waals surface area contributed by atoms with Crippen molar-refractivity contribution in [1.82, 2.24) is 5.32 Å². The lowest BCUT2D eigenvalue weighted by Gasteiger charge is -2.23. The Bertz CT molecular complexity index is 1250. The fourth-order valence-corrected chi connectivity index (χ4v) is 4.25. The standard InChI is InChI=1S/C25H27ClN2O5S/c1-18-7-12-21(15-24(18)26)28(34(3,30)31)17-19-8-10-20(11-9-19)25(29)27-13-14-33-23-6-4-5-22(16-23)32-2/h4-12,15-16H,13-14,17H2,1-3H3,(H,27,29). The predicted molar refractivity (Wildman–Crippen MR) is 134 cm³/mol. The third-order valence-electron chi connectivity index (χ3n) is 5.08. The molecular weight excluding hydrogens is 476 g/mol. The average molecular weight is 503 g/mol. The minimum atomic E-state index is -3.54. The van der Waals surface area contributed by atoms with Crippen molar-refractivity contribution in [2.24, 2.45) is 0 Å². The minimum Gasteiger partial charge on any atom is -0.497 e. The number of anilines is 1. The molecule has 180 valence electrons. The van der Waals surface area contributed by atoms with E-state index in [0.29, 0.717) is 40.9 Å². The van der Waals surface area contributed by atoms with E-state index in [1.165, 1.54) is 4.31 Å². The molecule has 3 aromatic carbocycles. The summed E-state index contributed by atoms with van der Waals surface area (Å²) in [6.07, 6.45) is 1.15. The topological polar surface area (TPSA) is 84.9 Å². The van der Waals surface area contributed by atoms with E-state index in [-0.39, 0.29) is 12.5 Å². The number of ether oxygens (including phenoxy) is 2. The van der Waals surface area contributed by atoms with Crippen LogP contribution in [0.3, 0.4) is 0 Å². The van der Waals surface area contributed by atoms with Gasteiger partial charge in [0, 0.05) is 16.7 Å². The minimum absolute atomic E-state index is 0.120. The van der Waals surface area contributed by atoms with E-state index in [1.807, 2.05) is 25.1 Å². The second-order valence-corrected chi connectivity index (χ2v) is 10.00. The maximum absolute atomic E-state index is 12.4. The van der Waals surface area contributed by atoms with Crippen molar-refractivity contribution in [2.75, 3.05) is 30.8 Å². The molecule has 1 N–H and O–H groups in total. The number of carbonyl (C=O) groups excluding carboxylic acids is 1. The van der Waals surface area contributed by atoms with Crippen molar-refractivity contribution in [3.8, 4) is 11.5 Å². The highest BCUT2D eigenvalue weighted by Gasteiger charge is 2.19. The Labute approximate surface area is 205 Å². The van der Waals surface area contributed by atoms with Gasteiger partial charge in [-0.25, -0.2) is 8.42 Å².